The van der Waals surface area contributed by atoms with E-state index in [-0.39, 0.29) is 33.8 Å². The van der Waals surface area contributed by atoms with Crippen LogP contribution in [0.15, 0.2) is 47.8 Å². The second-order valence-corrected chi connectivity index (χ2v) is 7.13. The van der Waals surface area contributed by atoms with Gasteiger partial charge in [0.1, 0.15) is 11.5 Å². The number of nitrogens with zero attached hydrogens (tertiary/aromatic N) is 1. The number of carbonyl (C=O) groups is 2. The van der Waals surface area contributed by atoms with Crippen molar-refractivity contribution in [1.29, 1.82) is 0 Å². The average molecular weight is 424 g/mol. The van der Waals surface area contributed by atoms with Crippen LogP contribution in [-0.2, 0) is 6.54 Å². The quantitative estimate of drug-likeness (QED) is 0.620. The fourth-order valence-electron chi connectivity index (χ4n) is 2.15. The van der Waals surface area contributed by atoms with Crippen LogP contribution in [0.1, 0.15) is 26.4 Å². The normalized spacial score (nSPS) is 10.5. The van der Waals surface area contributed by atoms with Crippen LogP contribution >= 0.6 is 34.5 Å². The van der Waals surface area contributed by atoms with Crippen LogP contribution in [0.4, 0.5) is 9.52 Å². The van der Waals surface area contributed by atoms with Gasteiger partial charge in [0, 0.05) is 16.9 Å². The molecule has 0 radical (unpaired) electrons. The van der Waals surface area contributed by atoms with E-state index in [9.17, 15) is 14.0 Å². The predicted molar refractivity (Wildman–Crippen MR) is 104 cm³/mol. The molecule has 0 unspecified atom stereocenters. The fourth-order valence-corrected chi connectivity index (χ4v) is 3.33. The molecule has 0 spiro atoms. The highest BCUT2D eigenvalue weighted by Gasteiger charge is 2.15. The van der Waals surface area contributed by atoms with Crippen molar-refractivity contribution in [2.24, 2.45) is 0 Å². The molecule has 2 aromatic carbocycles. The number of carbonyl (C=O) groups excluding carboxylic acids is 2. The lowest BCUT2D eigenvalue weighted by Gasteiger charge is -2.05. The third-order valence-electron chi connectivity index (χ3n) is 3.50. The molecule has 0 saturated carbocycles. The zero-order chi connectivity index (χ0) is 19.4. The van der Waals surface area contributed by atoms with Crippen molar-refractivity contribution in [3.63, 3.8) is 0 Å². The van der Waals surface area contributed by atoms with E-state index in [2.05, 4.69) is 15.6 Å². The number of hydrogen-bond donors (Lipinski definition) is 2. The summed E-state index contributed by atoms with van der Waals surface area (Å²) in [5.41, 5.74) is 1.17. The van der Waals surface area contributed by atoms with Gasteiger partial charge in [-0.3, -0.25) is 14.9 Å². The maximum Gasteiger partial charge on any atom is 0.271 e. The summed E-state index contributed by atoms with van der Waals surface area (Å²) < 4.78 is 12.9. The Labute approximate surface area is 168 Å². The Morgan fingerprint density at radius 1 is 1.07 bits per heavy atom. The van der Waals surface area contributed by atoms with Crippen molar-refractivity contribution in [1.82, 2.24) is 10.3 Å². The molecule has 0 aliphatic heterocycles. The third kappa shape index (κ3) is 5.03. The Hall–Kier alpha value is -2.48. The molecule has 1 heterocycles. The van der Waals surface area contributed by atoms with Crippen molar-refractivity contribution < 1.29 is 14.0 Å². The van der Waals surface area contributed by atoms with Gasteiger partial charge in [0.25, 0.3) is 11.8 Å². The minimum absolute atomic E-state index is 0.166. The Balaban J connectivity index is 1.61. The maximum absolute atomic E-state index is 12.9. The molecule has 27 heavy (non-hydrogen) atoms. The number of anilines is 1. The number of rotatable bonds is 5. The van der Waals surface area contributed by atoms with Crippen LogP contribution in [-0.4, -0.2) is 16.8 Å². The van der Waals surface area contributed by atoms with Crippen molar-refractivity contribution in [3.8, 4) is 0 Å². The van der Waals surface area contributed by atoms with E-state index in [0.29, 0.717) is 5.02 Å². The van der Waals surface area contributed by atoms with E-state index >= 15 is 0 Å². The molecule has 138 valence electrons. The molecule has 3 aromatic rings. The van der Waals surface area contributed by atoms with Gasteiger partial charge in [-0.1, -0.05) is 35.3 Å². The number of thiazole rings is 1. The van der Waals surface area contributed by atoms with E-state index < -0.39 is 11.8 Å². The van der Waals surface area contributed by atoms with E-state index in [1.54, 1.807) is 18.2 Å². The third-order valence-corrected chi connectivity index (χ3v) is 4.80. The summed E-state index contributed by atoms with van der Waals surface area (Å²) in [6.45, 7) is 0.235. The van der Waals surface area contributed by atoms with Crippen molar-refractivity contribution in [2.75, 3.05) is 5.32 Å². The van der Waals surface area contributed by atoms with E-state index in [1.807, 2.05) is 0 Å². The van der Waals surface area contributed by atoms with Crippen LogP contribution in [0.3, 0.4) is 0 Å². The summed E-state index contributed by atoms with van der Waals surface area (Å²) in [5, 5.41) is 7.70. The first-order chi connectivity index (χ1) is 12.9. The Kier molecular flexibility index (Phi) is 6.05. The first-order valence-electron chi connectivity index (χ1n) is 7.67. The lowest BCUT2D eigenvalue weighted by atomic mass is 10.2. The van der Waals surface area contributed by atoms with Crippen LogP contribution in [0.2, 0.25) is 10.0 Å². The van der Waals surface area contributed by atoms with Gasteiger partial charge >= 0.3 is 0 Å². The summed E-state index contributed by atoms with van der Waals surface area (Å²) in [7, 11) is 0. The smallest absolute Gasteiger partial charge is 0.271 e. The average Bonchev–Trinajstić information content (AvgIpc) is 3.09. The van der Waals surface area contributed by atoms with Crippen LogP contribution in [0.25, 0.3) is 0 Å². The molecular formula is C18H12Cl2FN3O2S. The standard InChI is InChI=1S/C18H12Cl2FN3O2S/c19-11-3-6-13(14(20)7-11)16(25)24-18-23-15(9-27-18)17(26)22-8-10-1-4-12(21)5-2-10/h1-7,9H,8H2,(H,22,26)(H,23,24,25). The van der Waals surface area contributed by atoms with Gasteiger partial charge in [-0.25, -0.2) is 9.37 Å². The van der Waals surface area contributed by atoms with Crippen LogP contribution in [0.5, 0.6) is 0 Å². The first-order valence-corrected chi connectivity index (χ1v) is 9.30. The number of amides is 2. The van der Waals surface area contributed by atoms with Gasteiger partial charge < -0.3 is 5.32 Å². The highest BCUT2D eigenvalue weighted by Crippen LogP contribution is 2.23. The first kappa shape index (κ1) is 19.3. The van der Waals surface area contributed by atoms with E-state index in [4.69, 9.17) is 23.2 Å². The summed E-state index contributed by atoms with van der Waals surface area (Å²) >= 11 is 12.9. The van der Waals surface area contributed by atoms with Gasteiger partial charge in [-0.05, 0) is 35.9 Å². The molecule has 0 aliphatic rings. The largest absolute Gasteiger partial charge is 0.347 e. The molecule has 0 aliphatic carbocycles. The highest BCUT2D eigenvalue weighted by molar-refractivity contribution is 7.14. The van der Waals surface area contributed by atoms with Crippen LogP contribution < -0.4 is 10.6 Å². The highest BCUT2D eigenvalue weighted by atomic mass is 35.5. The van der Waals surface area contributed by atoms with Crippen molar-refractivity contribution in [3.05, 3.63) is 80.5 Å². The van der Waals surface area contributed by atoms with Crippen LogP contribution in [0, 0.1) is 5.82 Å². The molecule has 9 heteroatoms. The number of nitrogens with one attached hydrogen (secondary N) is 2. The summed E-state index contributed by atoms with van der Waals surface area (Å²) in [5.74, 6) is -1.20. The predicted octanol–water partition coefficient (Wildman–Crippen LogP) is 4.77. The van der Waals surface area contributed by atoms with Gasteiger partial charge in [0.2, 0.25) is 0 Å². The summed E-state index contributed by atoms with van der Waals surface area (Å²) in [4.78, 5) is 28.5. The fraction of sp³-hybridized carbons (Fsp3) is 0.0556. The second-order valence-electron chi connectivity index (χ2n) is 5.43. The zero-order valence-electron chi connectivity index (χ0n) is 13.6. The number of hydrogen-bond acceptors (Lipinski definition) is 4. The van der Waals surface area contributed by atoms with Gasteiger partial charge in [-0.2, -0.15) is 0 Å². The molecule has 2 N–H and O–H groups in total. The molecule has 1 aromatic heterocycles. The molecule has 0 bridgehead atoms. The van der Waals surface area contributed by atoms with Crippen molar-refractivity contribution >= 4 is 51.5 Å². The minimum Gasteiger partial charge on any atom is -0.347 e. The lowest BCUT2D eigenvalue weighted by molar-refractivity contribution is 0.0945. The Bertz CT molecular complexity index is 993. The molecular weight excluding hydrogens is 412 g/mol. The lowest BCUT2D eigenvalue weighted by Crippen LogP contribution is -2.23. The minimum atomic E-state index is -0.454. The number of halogens is 3. The summed E-state index contributed by atoms with van der Waals surface area (Å²) in [6.07, 6.45) is 0. The van der Waals surface area contributed by atoms with Gasteiger partial charge in [-0.15, -0.1) is 11.3 Å². The molecule has 0 atom stereocenters. The van der Waals surface area contributed by atoms with Gasteiger partial charge in [0.05, 0.1) is 10.6 Å². The maximum atomic E-state index is 12.9. The molecule has 3 rings (SSSR count). The van der Waals surface area contributed by atoms with E-state index in [0.717, 1.165) is 16.9 Å². The van der Waals surface area contributed by atoms with Gasteiger partial charge in [0.15, 0.2) is 5.13 Å². The molecule has 5 nitrogen and oxygen atoms in total. The SMILES string of the molecule is O=C(NCc1ccc(F)cc1)c1csc(NC(=O)c2ccc(Cl)cc2Cl)n1. The zero-order valence-corrected chi connectivity index (χ0v) is 16.0. The van der Waals surface area contributed by atoms with E-state index in [1.165, 1.54) is 29.6 Å². The Morgan fingerprint density at radius 3 is 2.52 bits per heavy atom. The molecule has 2 amide bonds. The second kappa shape index (κ2) is 8.47. The molecule has 0 saturated heterocycles. The van der Waals surface area contributed by atoms with Crippen molar-refractivity contribution in [2.45, 2.75) is 6.54 Å². The monoisotopic (exact) mass is 423 g/mol. The molecule has 0 fully saturated rings. The number of aromatic nitrogens is 1. The topological polar surface area (TPSA) is 71.1 Å². The summed E-state index contributed by atoms with van der Waals surface area (Å²) in [6, 6.07) is 10.3. The Morgan fingerprint density at radius 2 is 1.81 bits per heavy atom. The number of benzene rings is 2.